The molecule has 0 bridgehead atoms. The van der Waals surface area contributed by atoms with Gasteiger partial charge in [0.15, 0.2) is 11.5 Å². The number of nitrogen functional groups attached to an aromatic ring is 1. The molecule has 3 rings (SSSR count). The molecule has 20 heavy (non-hydrogen) atoms. The van der Waals surface area contributed by atoms with Gasteiger partial charge < -0.3 is 20.5 Å². The average Bonchev–Trinajstić information content (AvgIpc) is 2.48. The highest BCUT2D eigenvalue weighted by atomic mass is 16.6. The zero-order valence-electron chi connectivity index (χ0n) is 10.7. The van der Waals surface area contributed by atoms with Crippen LogP contribution in [0.3, 0.4) is 0 Å². The Morgan fingerprint density at radius 3 is 2.50 bits per heavy atom. The van der Waals surface area contributed by atoms with Gasteiger partial charge in [0.05, 0.1) is 22.6 Å². The maximum Gasteiger partial charge on any atom is 0.163 e. The summed E-state index contributed by atoms with van der Waals surface area (Å²) in [6.07, 6.45) is 0. The molecule has 2 aromatic carbocycles. The van der Waals surface area contributed by atoms with Crippen LogP contribution in [0.15, 0.2) is 36.4 Å². The number of ether oxygens (including phenoxy) is 2. The van der Waals surface area contributed by atoms with Crippen molar-refractivity contribution in [1.82, 2.24) is 0 Å². The fourth-order valence-electron chi connectivity index (χ4n) is 2.05. The molecule has 1 heterocycles. The number of benzene rings is 2. The molecular weight excluding hydrogens is 254 g/mol. The third-order valence-corrected chi connectivity index (χ3v) is 3.03. The molecule has 0 saturated heterocycles. The van der Waals surface area contributed by atoms with Gasteiger partial charge in [-0.05, 0) is 12.1 Å². The molecule has 1 aliphatic rings. The van der Waals surface area contributed by atoms with Gasteiger partial charge in [0.1, 0.15) is 19.3 Å². The molecule has 0 unspecified atom stereocenters. The lowest BCUT2D eigenvalue weighted by Crippen LogP contribution is -2.15. The summed E-state index contributed by atoms with van der Waals surface area (Å²) in [5.41, 5.74) is 8.50. The normalized spacial score (nSPS) is 12.6. The number of para-hydroxylation sites is 1. The summed E-state index contributed by atoms with van der Waals surface area (Å²) < 4.78 is 11.0. The first kappa shape index (κ1) is 12.2. The van der Waals surface area contributed by atoms with Gasteiger partial charge in [0.2, 0.25) is 0 Å². The Kier molecular flexibility index (Phi) is 3.05. The Morgan fingerprint density at radius 1 is 1.05 bits per heavy atom. The summed E-state index contributed by atoms with van der Waals surface area (Å²) in [4.78, 5) is 0. The van der Waals surface area contributed by atoms with Crippen LogP contribution in [0, 0.1) is 11.3 Å². The third kappa shape index (κ3) is 2.19. The van der Waals surface area contributed by atoms with E-state index in [0.717, 1.165) is 0 Å². The van der Waals surface area contributed by atoms with Crippen LogP contribution in [0.5, 0.6) is 11.5 Å². The molecule has 0 aromatic heterocycles. The summed E-state index contributed by atoms with van der Waals surface area (Å²) in [6, 6.07) is 12.9. The zero-order chi connectivity index (χ0) is 13.9. The van der Waals surface area contributed by atoms with Crippen molar-refractivity contribution in [3.8, 4) is 17.6 Å². The van der Waals surface area contributed by atoms with Crippen molar-refractivity contribution in [1.29, 1.82) is 5.26 Å². The van der Waals surface area contributed by atoms with Gasteiger partial charge in [-0.15, -0.1) is 0 Å². The van der Waals surface area contributed by atoms with E-state index in [9.17, 15) is 0 Å². The van der Waals surface area contributed by atoms with Crippen molar-refractivity contribution in [2.24, 2.45) is 0 Å². The minimum atomic E-state index is 0.519. The molecular formula is C15H13N3O2. The van der Waals surface area contributed by atoms with Crippen LogP contribution in [-0.4, -0.2) is 13.2 Å². The molecule has 2 aromatic rings. The minimum absolute atomic E-state index is 0.519. The highest BCUT2D eigenvalue weighted by Gasteiger charge is 2.15. The maximum atomic E-state index is 9.09. The summed E-state index contributed by atoms with van der Waals surface area (Å²) >= 11 is 0. The van der Waals surface area contributed by atoms with E-state index >= 15 is 0 Å². The Morgan fingerprint density at radius 2 is 1.75 bits per heavy atom. The molecule has 5 nitrogen and oxygen atoms in total. The number of nitrogens with one attached hydrogen (secondary N) is 1. The lowest BCUT2D eigenvalue weighted by atomic mass is 10.1. The van der Waals surface area contributed by atoms with E-state index in [1.54, 1.807) is 18.2 Å². The van der Waals surface area contributed by atoms with E-state index in [4.69, 9.17) is 20.5 Å². The Labute approximate surface area is 116 Å². The Balaban J connectivity index is 1.97. The van der Waals surface area contributed by atoms with E-state index in [0.29, 0.717) is 47.3 Å². The number of nitrogens with zero attached hydrogens (tertiary/aromatic N) is 1. The molecule has 0 saturated carbocycles. The van der Waals surface area contributed by atoms with Crippen LogP contribution < -0.4 is 20.5 Å². The molecule has 1 aliphatic heterocycles. The predicted molar refractivity (Wildman–Crippen MR) is 76.3 cm³/mol. The molecule has 100 valence electrons. The second-order valence-electron chi connectivity index (χ2n) is 4.37. The van der Waals surface area contributed by atoms with E-state index in [-0.39, 0.29) is 0 Å². The number of rotatable bonds is 2. The minimum Gasteiger partial charge on any atom is -0.486 e. The molecule has 0 amide bonds. The first-order valence-electron chi connectivity index (χ1n) is 6.23. The molecule has 0 atom stereocenters. The Bertz CT molecular complexity index is 692. The summed E-state index contributed by atoms with van der Waals surface area (Å²) in [5.74, 6) is 1.30. The first-order chi connectivity index (χ1) is 9.78. The van der Waals surface area contributed by atoms with Crippen LogP contribution in [0.1, 0.15) is 5.56 Å². The van der Waals surface area contributed by atoms with Crippen molar-refractivity contribution in [3.05, 3.63) is 42.0 Å². The van der Waals surface area contributed by atoms with Crippen LogP contribution in [0.4, 0.5) is 17.1 Å². The zero-order valence-corrected chi connectivity index (χ0v) is 10.7. The smallest absolute Gasteiger partial charge is 0.163 e. The number of fused-ring (bicyclic) bond motifs is 1. The van der Waals surface area contributed by atoms with Crippen molar-refractivity contribution >= 4 is 17.1 Å². The molecule has 0 fully saturated rings. The molecule has 3 N–H and O–H groups in total. The lowest BCUT2D eigenvalue weighted by Gasteiger charge is -2.20. The lowest BCUT2D eigenvalue weighted by molar-refractivity contribution is 0.172. The van der Waals surface area contributed by atoms with Gasteiger partial charge in [-0.2, -0.15) is 5.26 Å². The van der Waals surface area contributed by atoms with Gasteiger partial charge in [-0.1, -0.05) is 12.1 Å². The van der Waals surface area contributed by atoms with E-state index in [2.05, 4.69) is 11.4 Å². The molecule has 5 heteroatoms. The fourth-order valence-corrected chi connectivity index (χ4v) is 2.05. The highest BCUT2D eigenvalue weighted by molar-refractivity contribution is 5.78. The van der Waals surface area contributed by atoms with Gasteiger partial charge in [0.25, 0.3) is 0 Å². The summed E-state index contributed by atoms with van der Waals surface area (Å²) in [5, 5.41) is 12.3. The second kappa shape index (κ2) is 5.02. The number of hydrogen-bond donors (Lipinski definition) is 2. The first-order valence-corrected chi connectivity index (χ1v) is 6.23. The van der Waals surface area contributed by atoms with Crippen LogP contribution in [0.25, 0.3) is 0 Å². The largest absolute Gasteiger partial charge is 0.486 e. The third-order valence-electron chi connectivity index (χ3n) is 3.03. The van der Waals surface area contributed by atoms with E-state index in [1.807, 2.05) is 18.2 Å². The van der Waals surface area contributed by atoms with Crippen molar-refractivity contribution < 1.29 is 9.47 Å². The van der Waals surface area contributed by atoms with Crippen LogP contribution in [-0.2, 0) is 0 Å². The van der Waals surface area contributed by atoms with Crippen LogP contribution in [0.2, 0.25) is 0 Å². The van der Waals surface area contributed by atoms with Gasteiger partial charge in [0, 0.05) is 12.1 Å². The van der Waals surface area contributed by atoms with Crippen molar-refractivity contribution in [2.45, 2.75) is 0 Å². The van der Waals surface area contributed by atoms with Crippen LogP contribution >= 0.6 is 0 Å². The van der Waals surface area contributed by atoms with E-state index in [1.165, 1.54) is 0 Å². The molecule has 0 aliphatic carbocycles. The molecule has 0 spiro atoms. The van der Waals surface area contributed by atoms with Crippen molar-refractivity contribution in [3.63, 3.8) is 0 Å². The topological polar surface area (TPSA) is 80.3 Å². The Hall–Kier alpha value is -2.87. The van der Waals surface area contributed by atoms with Gasteiger partial charge in [-0.3, -0.25) is 0 Å². The molecule has 0 radical (unpaired) electrons. The number of anilines is 3. The number of nitrogens with two attached hydrogens (primary N) is 1. The number of nitriles is 1. The maximum absolute atomic E-state index is 9.09. The monoisotopic (exact) mass is 267 g/mol. The fraction of sp³-hybridized carbons (Fsp3) is 0.133. The van der Waals surface area contributed by atoms with Gasteiger partial charge >= 0.3 is 0 Å². The standard InChI is InChI=1S/C15H13N3O2/c16-9-10-3-1-2-4-12(10)18-13-8-15-14(7-11(13)17)19-5-6-20-15/h1-4,7-8,18H,5-6,17H2. The van der Waals surface area contributed by atoms with E-state index < -0.39 is 0 Å². The summed E-state index contributed by atoms with van der Waals surface area (Å²) in [7, 11) is 0. The summed E-state index contributed by atoms with van der Waals surface area (Å²) in [6.45, 7) is 1.04. The SMILES string of the molecule is N#Cc1ccccc1Nc1cc2c(cc1N)OCCO2. The number of hydrogen-bond acceptors (Lipinski definition) is 5. The van der Waals surface area contributed by atoms with Gasteiger partial charge in [-0.25, -0.2) is 0 Å². The predicted octanol–water partition coefficient (Wildman–Crippen LogP) is 2.66. The average molecular weight is 267 g/mol. The highest BCUT2D eigenvalue weighted by Crippen LogP contribution is 2.38. The quantitative estimate of drug-likeness (QED) is 0.818. The second-order valence-corrected chi connectivity index (χ2v) is 4.37. The van der Waals surface area contributed by atoms with Crippen molar-refractivity contribution in [2.75, 3.05) is 24.3 Å².